The standard InChI is InChI=1S/C18H21N3O4/c1-3-10-6-11(21-18(10)23)9-25-15-4-5-20-14-7-13(17(19)22)16(24-2)8-12(14)15/h4-5,7-8,10-11H,3,6,9H2,1-2H3,(H2,19,22)(H,21,23)/t10-,11-/m0/s1. The Kier molecular flexibility index (Phi) is 4.74. The van der Waals surface area contributed by atoms with E-state index in [9.17, 15) is 9.59 Å². The molecule has 7 nitrogen and oxygen atoms in total. The second-order valence-electron chi connectivity index (χ2n) is 6.10. The maximum atomic E-state index is 11.8. The lowest BCUT2D eigenvalue weighted by Crippen LogP contribution is -2.31. The topological polar surface area (TPSA) is 104 Å². The molecule has 7 heteroatoms. The van der Waals surface area contributed by atoms with Gasteiger partial charge in [0.1, 0.15) is 18.1 Å². The van der Waals surface area contributed by atoms with E-state index in [-0.39, 0.29) is 23.4 Å². The number of benzene rings is 1. The second kappa shape index (κ2) is 6.96. The van der Waals surface area contributed by atoms with Gasteiger partial charge in [0.15, 0.2) is 0 Å². The van der Waals surface area contributed by atoms with Crippen molar-refractivity contribution in [3.63, 3.8) is 0 Å². The zero-order valence-corrected chi connectivity index (χ0v) is 14.2. The van der Waals surface area contributed by atoms with Crippen molar-refractivity contribution in [1.29, 1.82) is 0 Å². The Labute approximate surface area is 145 Å². The van der Waals surface area contributed by atoms with Crippen LogP contribution in [0.5, 0.6) is 11.5 Å². The summed E-state index contributed by atoms with van der Waals surface area (Å²) in [6.07, 6.45) is 3.21. The summed E-state index contributed by atoms with van der Waals surface area (Å²) in [5.41, 5.74) is 6.25. The van der Waals surface area contributed by atoms with Gasteiger partial charge in [-0.05, 0) is 31.0 Å². The first-order valence-corrected chi connectivity index (χ1v) is 8.23. The van der Waals surface area contributed by atoms with Crippen LogP contribution >= 0.6 is 0 Å². The minimum atomic E-state index is -0.578. The largest absolute Gasteiger partial charge is 0.496 e. The smallest absolute Gasteiger partial charge is 0.252 e. The van der Waals surface area contributed by atoms with Gasteiger partial charge in [-0.25, -0.2) is 0 Å². The first-order chi connectivity index (χ1) is 12.0. The number of nitrogens with zero attached hydrogens (tertiary/aromatic N) is 1. The molecule has 1 aliphatic heterocycles. The summed E-state index contributed by atoms with van der Waals surface area (Å²) >= 11 is 0. The molecule has 3 rings (SSSR count). The monoisotopic (exact) mass is 343 g/mol. The Morgan fingerprint density at radius 3 is 2.84 bits per heavy atom. The summed E-state index contributed by atoms with van der Waals surface area (Å²) in [6.45, 7) is 2.38. The summed E-state index contributed by atoms with van der Waals surface area (Å²) in [7, 11) is 1.48. The maximum Gasteiger partial charge on any atom is 0.252 e. The lowest BCUT2D eigenvalue weighted by atomic mass is 10.0. The highest BCUT2D eigenvalue weighted by Gasteiger charge is 2.30. The van der Waals surface area contributed by atoms with Crippen LogP contribution in [0.25, 0.3) is 10.9 Å². The Hall–Kier alpha value is -2.83. The molecule has 0 unspecified atom stereocenters. The van der Waals surface area contributed by atoms with Crippen molar-refractivity contribution in [2.75, 3.05) is 13.7 Å². The van der Waals surface area contributed by atoms with E-state index in [0.29, 0.717) is 23.6 Å². The fourth-order valence-corrected chi connectivity index (χ4v) is 3.12. The number of hydrogen-bond acceptors (Lipinski definition) is 5. The summed E-state index contributed by atoms with van der Waals surface area (Å²) < 4.78 is 11.2. The van der Waals surface area contributed by atoms with Crippen molar-refractivity contribution in [2.45, 2.75) is 25.8 Å². The zero-order valence-electron chi connectivity index (χ0n) is 14.2. The molecular weight excluding hydrogens is 322 g/mol. The molecule has 0 bridgehead atoms. The van der Waals surface area contributed by atoms with Crippen molar-refractivity contribution in [3.8, 4) is 11.5 Å². The average molecular weight is 343 g/mol. The molecule has 2 aromatic rings. The van der Waals surface area contributed by atoms with Gasteiger partial charge in [-0.2, -0.15) is 0 Å². The minimum Gasteiger partial charge on any atom is -0.496 e. The molecule has 132 valence electrons. The normalized spacial score (nSPS) is 19.7. The van der Waals surface area contributed by atoms with Gasteiger partial charge in [-0.1, -0.05) is 6.92 Å². The quantitative estimate of drug-likeness (QED) is 0.830. The lowest BCUT2D eigenvalue weighted by molar-refractivity contribution is -0.122. The van der Waals surface area contributed by atoms with Crippen LogP contribution in [0, 0.1) is 5.92 Å². The van der Waals surface area contributed by atoms with Crippen molar-refractivity contribution in [3.05, 3.63) is 30.0 Å². The van der Waals surface area contributed by atoms with E-state index in [0.717, 1.165) is 18.2 Å². The van der Waals surface area contributed by atoms with Crippen LogP contribution in [-0.2, 0) is 4.79 Å². The van der Waals surface area contributed by atoms with Crippen LogP contribution in [0.1, 0.15) is 30.1 Å². The van der Waals surface area contributed by atoms with Gasteiger partial charge < -0.3 is 20.5 Å². The predicted molar refractivity (Wildman–Crippen MR) is 92.6 cm³/mol. The fraction of sp³-hybridized carbons (Fsp3) is 0.389. The molecule has 1 fully saturated rings. The third kappa shape index (κ3) is 3.35. The molecule has 1 aromatic carbocycles. The van der Waals surface area contributed by atoms with E-state index in [1.165, 1.54) is 7.11 Å². The van der Waals surface area contributed by atoms with E-state index in [1.807, 2.05) is 6.92 Å². The summed E-state index contributed by atoms with van der Waals surface area (Å²) in [5.74, 6) is 0.558. The minimum absolute atomic E-state index is 0.00699. The SMILES string of the molecule is CC[C@H]1C[C@@H](COc2ccnc3cc(C(N)=O)c(OC)cc23)NC1=O. The molecule has 1 aliphatic rings. The molecule has 2 amide bonds. The van der Waals surface area contributed by atoms with Gasteiger partial charge in [0, 0.05) is 17.5 Å². The number of methoxy groups -OCH3 is 1. The maximum absolute atomic E-state index is 11.8. The number of hydrogen-bond donors (Lipinski definition) is 2. The molecule has 2 heterocycles. The number of aromatic nitrogens is 1. The third-order valence-electron chi connectivity index (χ3n) is 4.51. The highest BCUT2D eigenvalue weighted by molar-refractivity contribution is 6.01. The van der Waals surface area contributed by atoms with E-state index in [2.05, 4.69) is 10.3 Å². The molecule has 0 spiro atoms. The Bertz CT molecular complexity index is 821. The van der Waals surface area contributed by atoms with Crippen LogP contribution in [0.3, 0.4) is 0 Å². The third-order valence-corrected chi connectivity index (χ3v) is 4.51. The first-order valence-electron chi connectivity index (χ1n) is 8.23. The van der Waals surface area contributed by atoms with Crippen LogP contribution in [0.15, 0.2) is 24.4 Å². The zero-order chi connectivity index (χ0) is 18.0. The Balaban J connectivity index is 1.84. The van der Waals surface area contributed by atoms with Gasteiger partial charge in [0.05, 0.1) is 24.2 Å². The summed E-state index contributed by atoms with van der Waals surface area (Å²) in [4.78, 5) is 27.6. The number of primary amides is 1. The molecular formula is C18H21N3O4. The number of carbonyl (C=O) groups is 2. The number of nitrogens with two attached hydrogens (primary N) is 1. The highest BCUT2D eigenvalue weighted by Crippen LogP contribution is 2.31. The number of carbonyl (C=O) groups excluding carboxylic acids is 2. The van der Waals surface area contributed by atoms with Crippen molar-refractivity contribution in [2.24, 2.45) is 11.7 Å². The van der Waals surface area contributed by atoms with Gasteiger partial charge >= 0.3 is 0 Å². The van der Waals surface area contributed by atoms with E-state index < -0.39 is 5.91 Å². The molecule has 0 radical (unpaired) electrons. The highest BCUT2D eigenvalue weighted by atomic mass is 16.5. The Morgan fingerprint density at radius 2 is 2.20 bits per heavy atom. The summed E-state index contributed by atoms with van der Waals surface area (Å²) in [6, 6.07) is 5.03. The molecule has 2 atom stereocenters. The van der Waals surface area contributed by atoms with E-state index in [1.54, 1.807) is 24.4 Å². The van der Waals surface area contributed by atoms with Crippen molar-refractivity contribution >= 4 is 22.7 Å². The molecule has 0 saturated carbocycles. The van der Waals surface area contributed by atoms with Gasteiger partial charge in [0.25, 0.3) is 5.91 Å². The van der Waals surface area contributed by atoms with Crippen LogP contribution in [0.4, 0.5) is 0 Å². The van der Waals surface area contributed by atoms with Crippen molar-refractivity contribution in [1.82, 2.24) is 10.3 Å². The van der Waals surface area contributed by atoms with E-state index >= 15 is 0 Å². The number of amides is 2. The molecule has 1 saturated heterocycles. The van der Waals surface area contributed by atoms with E-state index in [4.69, 9.17) is 15.2 Å². The second-order valence-corrected chi connectivity index (χ2v) is 6.10. The molecule has 1 aromatic heterocycles. The molecule has 25 heavy (non-hydrogen) atoms. The number of pyridine rings is 1. The molecule has 3 N–H and O–H groups in total. The van der Waals surface area contributed by atoms with Gasteiger partial charge in [-0.3, -0.25) is 14.6 Å². The Morgan fingerprint density at radius 1 is 1.40 bits per heavy atom. The van der Waals surface area contributed by atoms with Crippen LogP contribution in [0.2, 0.25) is 0 Å². The fourth-order valence-electron chi connectivity index (χ4n) is 3.12. The number of ether oxygens (including phenoxy) is 2. The number of rotatable bonds is 6. The van der Waals surface area contributed by atoms with Gasteiger partial charge in [-0.15, -0.1) is 0 Å². The predicted octanol–water partition coefficient (Wildman–Crippen LogP) is 1.64. The lowest BCUT2D eigenvalue weighted by Gasteiger charge is -2.14. The van der Waals surface area contributed by atoms with Crippen LogP contribution < -0.4 is 20.5 Å². The van der Waals surface area contributed by atoms with Gasteiger partial charge in [0.2, 0.25) is 5.91 Å². The average Bonchev–Trinajstić information content (AvgIpc) is 2.98. The number of fused-ring (bicyclic) bond motifs is 1. The molecule has 0 aliphatic carbocycles. The number of nitrogens with one attached hydrogen (secondary N) is 1. The summed E-state index contributed by atoms with van der Waals surface area (Å²) in [5, 5.41) is 3.68. The first kappa shape index (κ1) is 17.0. The van der Waals surface area contributed by atoms with Crippen molar-refractivity contribution < 1.29 is 19.1 Å². The van der Waals surface area contributed by atoms with Crippen LogP contribution in [-0.4, -0.2) is 36.6 Å².